The second-order valence-corrected chi connectivity index (χ2v) is 8.15. The van der Waals surface area contributed by atoms with Crippen molar-refractivity contribution < 1.29 is 19.0 Å². The predicted octanol–water partition coefficient (Wildman–Crippen LogP) is 5.61. The molecular weight excluding hydrogens is 525 g/mol. The number of benzene rings is 2. The summed E-state index contributed by atoms with van der Waals surface area (Å²) < 4.78 is 17.2. The SMILES string of the molecule is COC(=O)c1nn(PI)c2cc(-c3c(Cl)c(OC)cc(OC)c3Cl)ccc12. The van der Waals surface area contributed by atoms with Crippen molar-refractivity contribution in [1.82, 2.24) is 9.55 Å². The lowest BCUT2D eigenvalue weighted by Gasteiger charge is -2.15. The van der Waals surface area contributed by atoms with Crippen LogP contribution in [-0.2, 0) is 4.74 Å². The van der Waals surface area contributed by atoms with Crippen LogP contribution in [0.2, 0.25) is 10.0 Å². The zero-order chi connectivity index (χ0) is 19.7. The molecule has 1 heterocycles. The van der Waals surface area contributed by atoms with Crippen molar-refractivity contribution in [3.05, 3.63) is 40.0 Å². The molecule has 0 saturated carbocycles. The normalized spacial score (nSPS) is 11.3. The first-order chi connectivity index (χ1) is 13.0. The molecule has 0 aliphatic carbocycles. The minimum Gasteiger partial charge on any atom is -0.495 e. The predicted molar refractivity (Wildman–Crippen MR) is 117 cm³/mol. The van der Waals surface area contributed by atoms with E-state index in [-0.39, 0.29) is 5.69 Å². The van der Waals surface area contributed by atoms with Gasteiger partial charge in [-0.05, 0) is 39.7 Å². The van der Waals surface area contributed by atoms with Crippen LogP contribution in [0.3, 0.4) is 0 Å². The number of rotatable bonds is 5. The largest absolute Gasteiger partial charge is 0.495 e. The Morgan fingerprint density at radius 2 is 1.74 bits per heavy atom. The Kier molecular flexibility index (Phi) is 6.35. The van der Waals surface area contributed by atoms with Crippen LogP contribution in [0.5, 0.6) is 11.5 Å². The van der Waals surface area contributed by atoms with E-state index >= 15 is 0 Å². The molecule has 6 nitrogen and oxygen atoms in total. The summed E-state index contributed by atoms with van der Waals surface area (Å²) in [4.78, 5) is 12.0. The lowest BCUT2D eigenvalue weighted by atomic mass is 10.0. The van der Waals surface area contributed by atoms with E-state index in [1.807, 2.05) is 12.1 Å². The first kappa shape index (κ1) is 20.5. The molecule has 1 atom stereocenters. The van der Waals surface area contributed by atoms with Crippen molar-refractivity contribution in [2.75, 3.05) is 21.3 Å². The van der Waals surface area contributed by atoms with Gasteiger partial charge in [-0.25, -0.2) is 9.25 Å². The van der Waals surface area contributed by atoms with Crippen LogP contribution in [0.15, 0.2) is 24.3 Å². The number of aromatic nitrogens is 2. The van der Waals surface area contributed by atoms with Crippen molar-refractivity contribution in [1.29, 1.82) is 0 Å². The molecule has 27 heavy (non-hydrogen) atoms. The van der Waals surface area contributed by atoms with Gasteiger partial charge in [0.25, 0.3) is 0 Å². The van der Waals surface area contributed by atoms with Gasteiger partial charge in [0.2, 0.25) is 0 Å². The molecule has 0 bridgehead atoms. The van der Waals surface area contributed by atoms with Gasteiger partial charge in [0.1, 0.15) is 11.5 Å². The highest BCUT2D eigenvalue weighted by Gasteiger charge is 2.22. The highest BCUT2D eigenvalue weighted by Crippen LogP contribution is 2.46. The van der Waals surface area contributed by atoms with Gasteiger partial charge in [-0.1, -0.05) is 29.3 Å². The summed E-state index contributed by atoms with van der Waals surface area (Å²) in [6.07, 6.45) is 0.295. The summed E-state index contributed by atoms with van der Waals surface area (Å²) in [5.74, 6) is 0.417. The molecular formula is C17H14Cl2IN2O4P. The monoisotopic (exact) mass is 538 g/mol. The molecule has 142 valence electrons. The summed E-state index contributed by atoms with van der Waals surface area (Å²) in [5.41, 5.74) is 2.38. The number of fused-ring (bicyclic) bond motifs is 1. The quantitative estimate of drug-likeness (QED) is 0.240. The Bertz CT molecular complexity index is 1010. The van der Waals surface area contributed by atoms with E-state index < -0.39 is 5.97 Å². The van der Waals surface area contributed by atoms with E-state index in [1.54, 1.807) is 16.6 Å². The number of nitrogens with zero attached hydrogens (tertiary/aromatic N) is 2. The summed E-state index contributed by atoms with van der Waals surface area (Å²) in [6.45, 7) is 0. The molecule has 3 rings (SSSR count). The van der Waals surface area contributed by atoms with Crippen molar-refractivity contribution in [3.8, 4) is 22.6 Å². The van der Waals surface area contributed by atoms with Gasteiger partial charge >= 0.3 is 5.97 Å². The summed E-state index contributed by atoms with van der Waals surface area (Å²) >= 11 is 15.2. The van der Waals surface area contributed by atoms with E-state index in [4.69, 9.17) is 37.4 Å². The van der Waals surface area contributed by atoms with E-state index in [0.29, 0.717) is 38.9 Å². The van der Waals surface area contributed by atoms with Gasteiger partial charge in [0.15, 0.2) is 5.69 Å². The molecule has 10 heteroatoms. The molecule has 0 saturated heterocycles. The van der Waals surface area contributed by atoms with E-state index in [1.165, 1.54) is 21.3 Å². The Balaban J connectivity index is 2.29. The number of carbonyl (C=O) groups excluding carboxylic acids is 1. The number of halogens is 3. The van der Waals surface area contributed by atoms with E-state index in [2.05, 4.69) is 27.1 Å². The number of methoxy groups -OCH3 is 3. The first-order valence-electron chi connectivity index (χ1n) is 7.54. The highest BCUT2D eigenvalue weighted by atomic mass is 127. The maximum absolute atomic E-state index is 12.0. The molecule has 0 N–H and O–H groups in total. The van der Waals surface area contributed by atoms with Crippen LogP contribution >= 0.6 is 51.6 Å². The molecule has 0 spiro atoms. The van der Waals surface area contributed by atoms with Crippen molar-refractivity contribution >= 4 is 68.5 Å². The number of carbonyl (C=O) groups is 1. The van der Waals surface area contributed by atoms with Gasteiger partial charge in [0, 0.05) is 17.0 Å². The van der Waals surface area contributed by atoms with Crippen LogP contribution in [0.25, 0.3) is 22.0 Å². The minimum absolute atomic E-state index is 0.267. The van der Waals surface area contributed by atoms with Gasteiger partial charge in [-0.2, -0.15) is 5.10 Å². The maximum atomic E-state index is 12.0. The molecule has 3 aromatic rings. The van der Waals surface area contributed by atoms with Gasteiger partial charge in [-0.3, -0.25) is 0 Å². The second-order valence-electron chi connectivity index (χ2n) is 5.35. The van der Waals surface area contributed by atoms with Crippen molar-refractivity contribution in [3.63, 3.8) is 0 Å². The van der Waals surface area contributed by atoms with Crippen molar-refractivity contribution in [2.24, 2.45) is 0 Å². The Hall–Kier alpha value is -1.28. The number of ether oxygens (including phenoxy) is 3. The molecule has 1 aromatic heterocycles. The average molecular weight is 539 g/mol. The summed E-state index contributed by atoms with van der Waals surface area (Å²) in [5, 5.41) is 5.80. The van der Waals surface area contributed by atoms with Crippen molar-refractivity contribution in [2.45, 2.75) is 0 Å². The highest BCUT2D eigenvalue weighted by molar-refractivity contribution is 14.2. The Morgan fingerprint density at radius 3 is 2.26 bits per heavy atom. The number of hydrogen-bond acceptors (Lipinski definition) is 5. The third-order valence-electron chi connectivity index (χ3n) is 4.00. The molecule has 0 fully saturated rings. The zero-order valence-electron chi connectivity index (χ0n) is 14.5. The van der Waals surface area contributed by atoms with E-state index in [9.17, 15) is 4.79 Å². The van der Waals surface area contributed by atoms with Gasteiger partial charge in [-0.15, -0.1) is 0 Å². The smallest absolute Gasteiger partial charge is 0.359 e. The Morgan fingerprint density at radius 1 is 1.11 bits per heavy atom. The van der Waals surface area contributed by atoms with Crippen LogP contribution in [-0.4, -0.2) is 36.8 Å². The number of hydrogen-bond donors (Lipinski definition) is 0. The molecule has 2 aromatic carbocycles. The number of esters is 1. The fourth-order valence-electron chi connectivity index (χ4n) is 2.72. The zero-order valence-corrected chi connectivity index (χ0v) is 19.1. The van der Waals surface area contributed by atoms with Crippen LogP contribution in [0, 0.1) is 0 Å². The van der Waals surface area contributed by atoms with E-state index in [0.717, 1.165) is 11.1 Å². The van der Waals surface area contributed by atoms with Crippen LogP contribution in [0.1, 0.15) is 10.5 Å². The maximum Gasteiger partial charge on any atom is 0.359 e. The van der Waals surface area contributed by atoms with Crippen LogP contribution in [0.4, 0.5) is 0 Å². The fourth-order valence-corrected chi connectivity index (χ4v) is 4.96. The van der Waals surface area contributed by atoms with Gasteiger partial charge < -0.3 is 14.2 Å². The average Bonchev–Trinajstić information content (AvgIpc) is 3.06. The summed E-state index contributed by atoms with van der Waals surface area (Å²) in [6, 6.07) is 7.14. The third kappa shape index (κ3) is 3.58. The van der Waals surface area contributed by atoms with Gasteiger partial charge in [0.05, 0.1) is 43.3 Å². The molecule has 0 amide bonds. The lowest BCUT2D eigenvalue weighted by molar-refractivity contribution is 0.0596. The molecule has 0 aliphatic heterocycles. The van der Waals surface area contributed by atoms with Crippen LogP contribution < -0.4 is 9.47 Å². The summed E-state index contributed by atoms with van der Waals surface area (Å²) in [7, 11) is 4.38. The minimum atomic E-state index is -0.486. The standard InChI is InChI=1S/C17H14Cl2IN2O4P/c1-24-11-7-12(25-2)15(19)13(14(11)18)8-4-5-9-10(6-8)22(27-20)21-16(9)17(23)26-3/h4-7,27H,1-3H3. The molecule has 0 radical (unpaired) electrons. The lowest BCUT2D eigenvalue weighted by Crippen LogP contribution is -2.02. The third-order valence-corrected chi connectivity index (χ3v) is 6.62. The Labute approximate surface area is 180 Å². The molecule has 1 unspecified atom stereocenters. The first-order valence-corrected chi connectivity index (χ1v) is 12.4. The topological polar surface area (TPSA) is 62.6 Å². The fraction of sp³-hybridized carbons (Fsp3) is 0.176. The second kappa shape index (κ2) is 8.39. The molecule has 0 aliphatic rings.